The number of halogens is 6. The summed E-state index contributed by atoms with van der Waals surface area (Å²) < 4.78 is 74.6. The van der Waals surface area contributed by atoms with Crippen molar-refractivity contribution in [2.75, 3.05) is 45.8 Å². The molecule has 0 bridgehead atoms. The summed E-state index contributed by atoms with van der Waals surface area (Å²) in [4.78, 5) is 42.4. The molecule has 2 N–H and O–H groups in total. The first-order chi connectivity index (χ1) is 19.8. The lowest BCUT2D eigenvalue weighted by atomic mass is 9.80. The standard InChI is InChI=1S/C20H25N5O4.2C2HF3O2/c1-23(2)19-21-9-15-11-29-13-20(18(15)22-19)7-8-24(12-20)10-14-5-4-6-16(28-3)17(14)25(26)27;2*3-2(4,5)1(6)7/h4-6,9H,7-8,10-13H2,1-3H3;2*(H,6,7). The Morgan fingerprint density at radius 2 is 1.74 bits per heavy atom. The monoisotopic (exact) mass is 627 g/mol. The number of aliphatic carboxylic acids is 2. The predicted molar refractivity (Wildman–Crippen MR) is 135 cm³/mol. The highest BCUT2D eigenvalue weighted by Crippen LogP contribution is 2.41. The molecule has 0 radical (unpaired) electrons. The number of likely N-dealkylation sites (tertiary alicyclic amines) is 1. The maximum absolute atomic E-state index is 11.6. The quantitative estimate of drug-likeness (QED) is 0.282. The molecule has 238 valence electrons. The number of ether oxygens (including phenoxy) is 2. The van der Waals surface area contributed by atoms with Crippen LogP contribution in [0.3, 0.4) is 0 Å². The van der Waals surface area contributed by atoms with Crippen molar-refractivity contribution in [3.05, 3.63) is 51.3 Å². The Labute approximate surface area is 239 Å². The van der Waals surface area contributed by atoms with Crippen LogP contribution in [0, 0.1) is 10.1 Å². The smallest absolute Gasteiger partial charge is 0.490 e. The summed E-state index contributed by atoms with van der Waals surface area (Å²) in [6.45, 7) is 3.15. The van der Waals surface area contributed by atoms with E-state index in [1.54, 1.807) is 18.2 Å². The molecular formula is C24H27F6N5O8. The molecule has 43 heavy (non-hydrogen) atoms. The number of carbonyl (C=O) groups is 2. The molecule has 1 fully saturated rings. The lowest BCUT2D eigenvalue weighted by Crippen LogP contribution is -2.40. The van der Waals surface area contributed by atoms with Crippen LogP contribution in [-0.4, -0.2) is 95.2 Å². The summed E-state index contributed by atoms with van der Waals surface area (Å²) in [6, 6.07) is 5.21. The number of nitro groups is 1. The van der Waals surface area contributed by atoms with Gasteiger partial charge in [0.1, 0.15) is 0 Å². The number of benzene rings is 1. The number of para-hydroxylation sites is 1. The number of nitro benzene ring substituents is 1. The van der Waals surface area contributed by atoms with E-state index in [0.29, 0.717) is 31.3 Å². The molecule has 0 aliphatic carbocycles. The average Bonchev–Trinajstić information content (AvgIpc) is 3.30. The van der Waals surface area contributed by atoms with Gasteiger partial charge in [0, 0.05) is 44.5 Å². The maximum Gasteiger partial charge on any atom is 0.490 e. The molecule has 1 unspecified atom stereocenters. The van der Waals surface area contributed by atoms with Crippen LogP contribution in [-0.2, 0) is 32.9 Å². The number of carboxylic acid groups (broad SMARTS) is 2. The number of methoxy groups -OCH3 is 1. The highest BCUT2D eigenvalue weighted by atomic mass is 19.4. The van der Waals surface area contributed by atoms with E-state index in [-0.39, 0.29) is 21.8 Å². The van der Waals surface area contributed by atoms with E-state index >= 15 is 0 Å². The molecule has 1 spiro atoms. The molecule has 1 aromatic carbocycles. The molecule has 3 heterocycles. The topological polar surface area (TPSA) is 168 Å². The van der Waals surface area contributed by atoms with Crippen molar-refractivity contribution in [1.29, 1.82) is 0 Å². The number of rotatable bonds is 5. The van der Waals surface area contributed by atoms with Crippen molar-refractivity contribution in [2.45, 2.75) is 37.3 Å². The Hall–Kier alpha value is -4.26. The van der Waals surface area contributed by atoms with Gasteiger partial charge in [-0.15, -0.1) is 0 Å². The van der Waals surface area contributed by atoms with E-state index in [4.69, 9.17) is 34.3 Å². The molecule has 4 rings (SSSR count). The summed E-state index contributed by atoms with van der Waals surface area (Å²) >= 11 is 0. The first-order valence-electron chi connectivity index (χ1n) is 12.1. The zero-order valence-electron chi connectivity index (χ0n) is 22.9. The van der Waals surface area contributed by atoms with Gasteiger partial charge in [-0.1, -0.05) is 12.1 Å². The van der Waals surface area contributed by atoms with Gasteiger partial charge in [0.2, 0.25) is 5.95 Å². The lowest BCUT2D eigenvalue weighted by molar-refractivity contribution is -0.386. The third-order valence-corrected chi connectivity index (χ3v) is 6.19. The number of fused-ring (bicyclic) bond motifs is 2. The average molecular weight is 627 g/mol. The normalized spacial score (nSPS) is 18.0. The first-order valence-corrected chi connectivity index (χ1v) is 12.1. The van der Waals surface area contributed by atoms with E-state index in [9.17, 15) is 36.5 Å². The Balaban J connectivity index is 0.000000384. The number of hydrogen-bond donors (Lipinski definition) is 2. The molecule has 0 amide bonds. The number of nitrogens with zero attached hydrogens (tertiary/aromatic N) is 5. The van der Waals surface area contributed by atoms with E-state index in [1.165, 1.54) is 7.11 Å². The van der Waals surface area contributed by atoms with Crippen LogP contribution in [0.1, 0.15) is 23.2 Å². The summed E-state index contributed by atoms with van der Waals surface area (Å²) in [6.07, 6.45) is -7.42. The fourth-order valence-corrected chi connectivity index (χ4v) is 4.31. The van der Waals surface area contributed by atoms with Crippen molar-refractivity contribution >= 4 is 23.6 Å². The number of carboxylic acids is 2. The van der Waals surface area contributed by atoms with Gasteiger partial charge in [0.15, 0.2) is 5.75 Å². The van der Waals surface area contributed by atoms with Crippen molar-refractivity contribution in [1.82, 2.24) is 14.9 Å². The molecule has 1 atom stereocenters. The highest BCUT2D eigenvalue weighted by Gasteiger charge is 2.45. The zero-order chi connectivity index (χ0) is 32.8. The number of hydrogen-bond acceptors (Lipinski definition) is 10. The first kappa shape index (κ1) is 34.9. The minimum Gasteiger partial charge on any atom is -0.490 e. The van der Waals surface area contributed by atoms with Crippen LogP contribution in [0.4, 0.5) is 38.0 Å². The van der Waals surface area contributed by atoms with Crippen molar-refractivity contribution in [2.24, 2.45) is 0 Å². The molecule has 1 saturated heterocycles. The van der Waals surface area contributed by atoms with Gasteiger partial charge in [-0.25, -0.2) is 19.6 Å². The number of aromatic nitrogens is 2. The maximum atomic E-state index is 11.6. The van der Waals surface area contributed by atoms with Crippen LogP contribution in [0.5, 0.6) is 5.75 Å². The van der Waals surface area contributed by atoms with Gasteiger partial charge in [-0.05, 0) is 19.0 Å². The Morgan fingerprint density at radius 1 is 1.16 bits per heavy atom. The molecule has 0 saturated carbocycles. The largest absolute Gasteiger partial charge is 0.490 e. The third-order valence-electron chi connectivity index (χ3n) is 6.19. The van der Waals surface area contributed by atoms with Crippen LogP contribution < -0.4 is 9.64 Å². The Bertz CT molecular complexity index is 1300. The minimum atomic E-state index is -5.08. The Morgan fingerprint density at radius 3 is 2.23 bits per heavy atom. The highest BCUT2D eigenvalue weighted by molar-refractivity contribution is 5.73. The van der Waals surface area contributed by atoms with Crippen LogP contribution in [0.15, 0.2) is 24.4 Å². The molecule has 1 aromatic heterocycles. The molecule has 2 aliphatic heterocycles. The van der Waals surface area contributed by atoms with Crippen LogP contribution in [0.25, 0.3) is 0 Å². The SMILES string of the molecule is COc1cccc(CN2CCC3(COCc4cnc(N(C)C)nc43)C2)c1[N+](=O)[O-].O=C(O)C(F)(F)F.O=C(O)C(F)(F)F. The predicted octanol–water partition coefficient (Wildman–Crippen LogP) is 3.40. The van der Waals surface area contributed by atoms with Gasteiger partial charge in [0.05, 0.1) is 36.4 Å². The molecule has 2 aliphatic rings. The summed E-state index contributed by atoms with van der Waals surface area (Å²) in [7, 11) is 5.31. The minimum absolute atomic E-state index is 0.0356. The summed E-state index contributed by atoms with van der Waals surface area (Å²) in [5.74, 6) is -4.54. The fraction of sp³-hybridized carbons (Fsp3) is 0.500. The molecule has 13 nitrogen and oxygen atoms in total. The van der Waals surface area contributed by atoms with Gasteiger partial charge >= 0.3 is 30.0 Å². The third kappa shape index (κ3) is 9.11. The van der Waals surface area contributed by atoms with Crippen molar-refractivity contribution in [3.8, 4) is 5.75 Å². The van der Waals surface area contributed by atoms with E-state index in [2.05, 4.69) is 9.88 Å². The second-order valence-corrected chi connectivity index (χ2v) is 9.50. The Kier molecular flexibility index (Phi) is 11.2. The van der Waals surface area contributed by atoms with Crippen LogP contribution in [0.2, 0.25) is 0 Å². The molecule has 2 aromatic rings. The number of anilines is 1. The van der Waals surface area contributed by atoms with E-state index < -0.39 is 24.3 Å². The van der Waals surface area contributed by atoms with Gasteiger partial charge in [-0.2, -0.15) is 26.3 Å². The van der Waals surface area contributed by atoms with Crippen molar-refractivity contribution in [3.63, 3.8) is 0 Å². The van der Waals surface area contributed by atoms with Crippen molar-refractivity contribution < 1.29 is 60.5 Å². The van der Waals surface area contributed by atoms with E-state index in [0.717, 1.165) is 30.8 Å². The lowest BCUT2D eigenvalue weighted by Gasteiger charge is -2.34. The zero-order valence-corrected chi connectivity index (χ0v) is 22.9. The molecular weight excluding hydrogens is 600 g/mol. The van der Waals surface area contributed by atoms with Gasteiger partial charge < -0.3 is 24.6 Å². The van der Waals surface area contributed by atoms with Crippen LogP contribution >= 0.6 is 0 Å². The second-order valence-electron chi connectivity index (χ2n) is 9.50. The molecule has 19 heteroatoms. The van der Waals surface area contributed by atoms with E-state index in [1.807, 2.05) is 25.2 Å². The van der Waals surface area contributed by atoms with Gasteiger partial charge in [0.25, 0.3) is 0 Å². The number of alkyl halides is 6. The van der Waals surface area contributed by atoms with Gasteiger partial charge in [-0.3, -0.25) is 15.0 Å². The fourth-order valence-electron chi connectivity index (χ4n) is 4.31. The second kappa shape index (κ2) is 13.8. The summed E-state index contributed by atoms with van der Waals surface area (Å²) in [5, 5.41) is 25.9. The summed E-state index contributed by atoms with van der Waals surface area (Å²) in [5.41, 5.74) is 2.55.